The van der Waals surface area contributed by atoms with Crippen LogP contribution in [0.5, 0.6) is 0 Å². The molecule has 0 bridgehead atoms. The zero-order chi connectivity index (χ0) is 13.9. The molecule has 100 valence electrons. The predicted molar refractivity (Wildman–Crippen MR) is 69.4 cm³/mol. The van der Waals surface area contributed by atoms with Gasteiger partial charge in [-0.1, -0.05) is 29.3 Å². The molecule has 0 fully saturated rings. The fraction of sp³-hybridized carbons (Fsp3) is 0.300. The van der Waals surface area contributed by atoms with Gasteiger partial charge in [-0.15, -0.1) is 0 Å². The highest BCUT2D eigenvalue weighted by atomic mass is 35.5. The van der Waals surface area contributed by atoms with Crippen molar-refractivity contribution in [2.75, 3.05) is 5.75 Å². The van der Waals surface area contributed by atoms with Gasteiger partial charge in [0, 0.05) is 22.5 Å². The smallest absolute Gasteiger partial charge is 0.267 e. The molecule has 0 heterocycles. The Morgan fingerprint density at radius 3 is 2.28 bits per heavy atom. The summed E-state index contributed by atoms with van der Waals surface area (Å²) in [6, 6.07) is 3.62. The van der Waals surface area contributed by atoms with E-state index in [2.05, 4.69) is 5.32 Å². The molecule has 0 aromatic heterocycles. The van der Waals surface area contributed by atoms with Gasteiger partial charge in [0.1, 0.15) is 0 Å². The van der Waals surface area contributed by atoms with Gasteiger partial charge in [-0.25, -0.2) is 0 Å². The number of hydrogen-bond acceptors (Lipinski definition) is 3. The number of carbonyl (C=O) groups excluding carboxylic acids is 1. The second-order valence-electron chi connectivity index (χ2n) is 3.64. The van der Waals surface area contributed by atoms with E-state index in [1.165, 1.54) is 19.1 Å². The van der Waals surface area contributed by atoms with Gasteiger partial charge in [0.15, 0.2) is 0 Å². The Balaban J connectivity index is 3.21. The molecule has 1 rings (SSSR count). The largest absolute Gasteiger partial charge is 0.348 e. The maximum Gasteiger partial charge on any atom is 0.267 e. The quantitative estimate of drug-likeness (QED) is 0.834. The third-order valence-electron chi connectivity index (χ3n) is 2.10. The lowest BCUT2D eigenvalue weighted by Gasteiger charge is -2.19. The first-order valence-electron chi connectivity index (χ1n) is 4.87. The fourth-order valence-corrected chi connectivity index (χ4v) is 2.83. The molecule has 1 aromatic rings. The van der Waals surface area contributed by atoms with Gasteiger partial charge in [-0.3, -0.25) is 9.35 Å². The van der Waals surface area contributed by atoms with E-state index in [0.29, 0.717) is 0 Å². The maximum atomic E-state index is 11.1. The minimum atomic E-state index is -4.28. The highest BCUT2D eigenvalue weighted by molar-refractivity contribution is 7.85. The van der Waals surface area contributed by atoms with Gasteiger partial charge in [-0.05, 0) is 12.1 Å². The lowest BCUT2D eigenvalue weighted by molar-refractivity contribution is -0.119. The number of amides is 1. The Bertz CT molecular complexity index is 539. The van der Waals surface area contributed by atoms with Crippen molar-refractivity contribution < 1.29 is 17.8 Å². The molecule has 0 aliphatic carbocycles. The number of benzene rings is 1. The molecule has 1 atom stereocenters. The highest BCUT2D eigenvalue weighted by Gasteiger charge is 2.24. The Labute approximate surface area is 115 Å². The van der Waals surface area contributed by atoms with Gasteiger partial charge in [0.2, 0.25) is 5.91 Å². The van der Waals surface area contributed by atoms with E-state index < -0.39 is 27.8 Å². The summed E-state index contributed by atoms with van der Waals surface area (Å²) in [6.07, 6.45) is 0. The van der Waals surface area contributed by atoms with Crippen LogP contribution < -0.4 is 5.32 Å². The summed E-state index contributed by atoms with van der Waals surface area (Å²) in [6.45, 7) is 1.22. The summed E-state index contributed by atoms with van der Waals surface area (Å²) in [5.41, 5.74) is 0.258. The van der Waals surface area contributed by atoms with Crippen molar-refractivity contribution in [3.63, 3.8) is 0 Å². The molecule has 8 heteroatoms. The number of rotatable bonds is 4. The van der Waals surface area contributed by atoms with Crippen LogP contribution in [0.1, 0.15) is 18.5 Å². The summed E-state index contributed by atoms with van der Waals surface area (Å²) < 4.78 is 30.8. The third kappa shape index (κ3) is 4.45. The second-order valence-corrected chi connectivity index (χ2v) is 5.95. The molecule has 1 unspecified atom stereocenters. The van der Waals surface area contributed by atoms with E-state index in [4.69, 9.17) is 27.8 Å². The number of nitrogens with one attached hydrogen (secondary N) is 1. The van der Waals surface area contributed by atoms with Gasteiger partial charge in [0.25, 0.3) is 10.1 Å². The van der Waals surface area contributed by atoms with Gasteiger partial charge in [0.05, 0.1) is 11.8 Å². The van der Waals surface area contributed by atoms with Crippen molar-refractivity contribution in [3.8, 4) is 0 Å². The number of carbonyl (C=O) groups is 1. The van der Waals surface area contributed by atoms with Crippen molar-refractivity contribution >= 4 is 39.2 Å². The minimum absolute atomic E-state index is 0.213. The highest BCUT2D eigenvalue weighted by Crippen LogP contribution is 2.30. The third-order valence-corrected chi connectivity index (χ3v) is 3.52. The van der Waals surface area contributed by atoms with Crippen molar-refractivity contribution in [1.29, 1.82) is 0 Å². The van der Waals surface area contributed by atoms with Gasteiger partial charge in [-0.2, -0.15) is 8.42 Å². The first-order valence-corrected chi connectivity index (χ1v) is 7.23. The van der Waals surface area contributed by atoms with Crippen LogP contribution in [0.2, 0.25) is 10.0 Å². The van der Waals surface area contributed by atoms with Gasteiger partial charge < -0.3 is 5.32 Å². The molecular weight excluding hydrogens is 301 g/mol. The van der Waals surface area contributed by atoms with E-state index in [-0.39, 0.29) is 15.6 Å². The molecule has 5 nitrogen and oxygen atoms in total. The average molecular weight is 312 g/mol. The fourth-order valence-electron chi connectivity index (χ4n) is 1.50. The average Bonchev–Trinajstić information content (AvgIpc) is 2.13. The summed E-state index contributed by atoms with van der Waals surface area (Å²) >= 11 is 11.8. The van der Waals surface area contributed by atoms with E-state index >= 15 is 0 Å². The molecule has 0 radical (unpaired) electrons. The molecule has 0 saturated heterocycles. The summed E-state index contributed by atoms with van der Waals surface area (Å²) in [5.74, 6) is -1.16. The first kappa shape index (κ1) is 15.2. The summed E-state index contributed by atoms with van der Waals surface area (Å²) in [4.78, 5) is 11.1. The van der Waals surface area contributed by atoms with Crippen LogP contribution in [-0.4, -0.2) is 24.6 Å². The van der Waals surface area contributed by atoms with Crippen LogP contribution in [-0.2, 0) is 14.9 Å². The molecule has 1 aromatic carbocycles. The van der Waals surface area contributed by atoms with Crippen molar-refractivity contribution in [2.45, 2.75) is 13.0 Å². The van der Waals surface area contributed by atoms with Crippen molar-refractivity contribution in [1.82, 2.24) is 5.32 Å². The molecule has 2 N–H and O–H groups in total. The van der Waals surface area contributed by atoms with Crippen LogP contribution >= 0.6 is 23.2 Å². The molecule has 0 saturated carbocycles. The lowest BCUT2D eigenvalue weighted by Crippen LogP contribution is -2.31. The predicted octanol–water partition coefficient (Wildman–Crippen LogP) is 2.06. The topological polar surface area (TPSA) is 83.5 Å². The Hall–Kier alpha value is -0.820. The van der Waals surface area contributed by atoms with Crippen LogP contribution in [0, 0.1) is 0 Å². The van der Waals surface area contributed by atoms with Crippen LogP contribution in [0.15, 0.2) is 18.2 Å². The molecular formula is C10H11Cl2NO4S. The van der Waals surface area contributed by atoms with Crippen LogP contribution in [0.25, 0.3) is 0 Å². The maximum absolute atomic E-state index is 11.1. The van der Waals surface area contributed by atoms with Crippen molar-refractivity contribution in [3.05, 3.63) is 33.8 Å². The second kappa shape index (κ2) is 5.88. The molecule has 0 aliphatic rings. The molecule has 1 amide bonds. The normalized spacial score (nSPS) is 13.1. The molecule has 0 aliphatic heterocycles. The van der Waals surface area contributed by atoms with Crippen LogP contribution in [0.3, 0.4) is 0 Å². The monoisotopic (exact) mass is 311 g/mol. The van der Waals surface area contributed by atoms with Crippen LogP contribution in [0.4, 0.5) is 0 Å². The zero-order valence-electron chi connectivity index (χ0n) is 9.35. The van der Waals surface area contributed by atoms with Gasteiger partial charge >= 0.3 is 0 Å². The Kier molecular flexibility index (Phi) is 4.98. The summed E-state index contributed by atoms with van der Waals surface area (Å²) in [7, 11) is -4.28. The Morgan fingerprint density at radius 1 is 1.39 bits per heavy atom. The number of hydrogen-bond donors (Lipinski definition) is 2. The Morgan fingerprint density at radius 2 is 1.89 bits per heavy atom. The van der Waals surface area contributed by atoms with E-state index in [0.717, 1.165) is 0 Å². The van der Waals surface area contributed by atoms with E-state index in [1.54, 1.807) is 6.07 Å². The number of halogens is 2. The summed E-state index contributed by atoms with van der Waals surface area (Å²) in [5, 5.41) is 2.81. The lowest BCUT2D eigenvalue weighted by atomic mass is 10.1. The molecule has 18 heavy (non-hydrogen) atoms. The first-order chi connectivity index (χ1) is 8.20. The van der Waals surface area contributed by atoms with Crippen molar-refractivity contribution in [2.24, 2.45) is 0 Å². The molecule has 0 spiro atoms. The standard InChI is InChI=1S/C10H11Cl2NO4S/c1-6(14)13-9(5-18(15,16)17)10-7(11)3-2-4-8(10)12/h2-4,9H,5H2,1H3,(H,13,14)(H,15,16,17). The zero-order valence-corrected chi connectivity index (χ0v) is 11.7. The van der Waals surface area contributed by atoms with E-state index in [1.807, 2.05) is 0 Å². The minimum Gasteiger partial charge on any atom is -0.348 e. The SMILES string of the molecule is CC(=O)NC(CS(=O)(=O)O)c1c(Cl)cccc1Cl. The van der Waals surface area contributed by atoms with E-state index in [9.17, 15) is 13.2 Å².